The molecule has 0 amide bonds. The van der Waals surface area contributed by atoms with Crippen LogP contribution in [-0.2, 0) is 42.7 Å². The number of hydrogen-bond acceptors (Lipinski definition) is 19. The zero-order valence-electron chi connectivity index (χ0n) is 41.3. The van der Waals surface area contributed by atoms with Crippen LogP contribution in [0.15, 0.2) is 12.2 Å². The molecule has 1 spiro atoms. The molecule has 19 nitrogen and oxygen atoms in total. The molecule has 0 aromatic heterocycles. The molecule has 8 fully saturated rings. The van der Waals surface area contributed by atoms with E-state index in [9.17, 15) is 55.9 Å². The maximum Gasteiger partial charge on any atom is 0.302 e. The average Bonchev–Trinajstić information content (AvgIpc) is 3.57. The molecule has 0 radical (unpaired) electrons. The van der Waals surface area contributed by atoms with Crippen molar-refractivity contribution in [3.63, 3.8) is 0 Å². The van der Waals surface area contributed by atoms with Crippen molar-refractivity contribution >= 4 is 5.97 Å². The van der Waals surface area contributed by atoms with Crippen LogP contribution in [0.1, 0.15) is 107 Å². The Hall–Kier alpha value is -1.47. The number of allylic oxidation sites excluding steroid dienone is 1. The number of fused-ring (bicyclic) bond motifs is 4. The lowest BCUT2D eigenvalue weighted by molar-refractivity contribution is -0.398. The van der Waals surface area contributed by atoms with Crippen molar-refractivity contribution in [1.82, 2.24) is 0 Å². The molecule has 4 aliphatic heterocycles. The molecule has 5 aliphatic carbocycles. The quantitative estimate of drug-likeness (QED) is 0.0793. The van der Waals surface area contributed by atoms with E-state index < -0.39 is 140 Å². The van der Waals surface area contributed by atoms with Gasteiger partial charge in [-0.2, -0.15) is 0 Å². The van der Waals surface area contributed by atoms with Crippen molar-refractivity contribution < 1.29 is 93.8 Å². The summed E-state index contributed by atoms with van der Waals surface area (Å²) in [6.07, 6.45) is -14.8. The van der Waals surface area contributed by atoms with Crippen molar-refractivity contribution in [2.24, 2.45) is 50.2 Å². The molecule has 9 rings (SSSR count). The van der Waals surface area contributed by atoms with E-state index in [-0.39, 0.29) is 46.0 Å². The molecular weight excluding hydrogens is 905 g/mol. The SMILES string of the molecule is CC(=O)OCC1(C)C(OC2OC(C)C(O)C(OC3OC(CO)C(O)C(O)C3O)C2OC2OC(CO)C(O)C(O)C2O)CCC2(C)C1CCC1(C)C2C=CC23OCC4(CCC(C)(C)CC42)C(O)CC13C. The van der Waals surface area contributed by atoms with Crippen LogP contribution in [0.25, 0.3) is 0 Å². The number of hydrogen-bond donors (Lipinski definition) is 10. The predicted molar refractivity (Wildman–Crippen MR) is 239 cm³/mol. The van der Waals surface area contributed by atoms with Crippen LogP contribution in [-0.4, -0.2) is 193 Å². The maximum atomic E-state index is 12.8. The van der Waals surface area contributed by atoms with Gasteiger partial charge in [-0.1, -0.05) is 53.7 Å². The summed E-state index contributed by atoms with van der Waals surface area (Å²) in [5.41, 5.74) is -2.70. The summed E-state index contributed by atoms with van der Waals surface area (Å²) in [6, 6.07) is 0. The maximum absolute atomic E-state index is 12.8. The summed E-state index contributed by atoms with van der Waals surface area (Å²) in [7, 11) is 0. The monoisotopic (exact) mass is 985 g/mol. The lowest BCUT2D eigenvalue weighted by Crippen LogP contribution is -2.72. The summed E-state index contributed by atoms with van der Waals surface area (Å²) in [4.78, 5) is 12.8. The van der Waals surface area contributed by atoms with Gasteiger partial charge in [-0.3, -0.25) is 4.79 Å². The predicted octanol–water partition coefficient (Wildman–Crippen LogP) is 0.172. The number of carbonyl (C=O) groups excluding carboxylic acids is 1. The zero-order chi connectivity index (χ0) is 50.2. The third kappa shape index (κ3) is 7.79. The van der Waals surface area contributed by atoms with Crippen LogP contribution >= 0.6 is 0 Å². The van der Waals surface area contributed by atoms with E-state index in [4.69, 9.17) is 37.9 Å². The van der Waals surface area contributed by atoms with Crippen LogP contribution in [0, 0.1) is 50.2 Å². The first-order valence-corrected chi connectivity index (χ1v) is 25.3. The second-order valence-electron chi connectivity index (χ2n) is 24.4. The standard InChI is InChI=1S/C50H80O19/c1-23-32(55)39(68-41-37(60)35(58)33(56)25(19-51)65-41)40(69-42-38(61)36(59)34(57)26(20-52)66-42)43(64-23)67-31-11-12-45(5)27(46(31,6)21-62-24(2)53)9-13-47(7)28(45)10-14-50-29-17-44(3,4)15-16-49(29,22-63-50)30(54)18-48(47,50)8/h10,14,23,25-43,51-52,54-61H,9,11-13,15-22H2,1-8H3. The summed E-state index contributed by atoms with van der Waals surface area (Å²) < 4.78 is 50.6. The largest absolute Gasteiger partial charge is 0.465 e. The van der Waals surface area contributed by atoms with E-state index in [1.807, 2.05) is 6.92 Å². The highest BCUT2D eigenvalue weighted by atomic mass is 16.8. The minimum Gasteiger partial charge on any atom is -0.465 e. The number of aliphatic hydroxyl groups excluding tert-OH is 10. The van der Waals surface area contributed by atoms with Crippen LogP contribution in [0.4, 0.5) is 0 Å². The second kappa shape index (κ2) is 18.1. The molecule has 19 heteroatoms. The number of esters is 1. The van der Waals surface area contributed by atoms with Gasteiger partial charge in [-0.15, -0.1) is 0 Å². The van der Waals surface area contributed by atoms with Gasteiger partial charge in [0.2, 0.25) is 0 Å². The fourth-order valence-corrected chi connectivity index (χ4v) is 16.0. The van der Waals surface area contributed by atoms with Gasteiger partial charge in [0.15, 0.2) is 18.9 Å². The Labute approximate surface area is 404 Å². The lowest BCUT2D eigenvalue weighted by Gasteiger charge is -2.73. The van der Waals surface area contributed by atoms with Crippen LogP contribution in [0.5, 0.6) is 0 Å². The van der Waals surface area contributed by atoms with Gasteiger partial charge in [-0.25, -0.2) is 0 Å². The Morgan fingerprint density at radius 3 is 1.87 bits per heavy atom. The highest BCUT2D eigenvalue weighted by Gasteiger charge is 2.79. The number of aliphatic hydroxyl groups is 10. The van der Waals surface area contributed by atoms with Crippen LogP contribution in [0.2, 0.25) is 0 Å². The second-order valence-corrected chi connectivity index (χ2v) is 24.4. The Kier molecular flexibility index (Phi) is 13.8. The van der Waals surface area contributed by atoms with Gasteiger partial charge in [0.1, 0.15) is 67.1 Å². The highest BCUT2D eigenvalue weighted by Crippen LogP contribution is 2.79. The molecule has 69 heavy (non-hydrogen) atoms. The smallest absolute Gasteiger partial charge is 0.302 e. The third-order valence-corrected chi connectivity index (χ3v) is 20.3. The molecule has 2 bridgehead atoms. The molecule has 9 aliphatic rings. The van der Waals surface area contributed by atoms with Crippen LogP contribution < -0.4 is 0 Å². The third-order valence-electron chi connectivity index (χ3n) is 20.3. The van der Waals surface area contributed by atoms with Gasteiger partial charge >= 0.3 is 5.97 Å². The van der Waals surface area contributed by atoms with Crippen molar-refractivity contribution in [3.05, 3.63) is 12.2 Å². The molecule has 4 saturated carbocycles. The molecule has 10 N–H and O–H groups in total. The number of ether oxygens (including phenoxy) is 8. The van der Waals surface area contributed by atoms with Gasteiger partial charge in [-0.05, 0) is 86.4 Å². The van der Waals surface area contributed by atoms with E-state index in [1.54, 1.807) is 6.92 Å². The van der Waals surface area contributed by atoms with E-state index in [1.165, 1.54) is 6.92 Å². The molecule has 0 aromatic rings. The summed E-state index contributed by atoms with van der Waals surface area (Å²) >= 11 is 0. The minimum absolute atomic E-state index is 0.0252. The number of carbonyl (C=O) groups is 1. The molecule has 394 valence electrons. The molecule has 26 unspecified atom stereocenters. The summed E-state index contributed by atoms with van der Waals surface area (Å²) in [6.45, 7) is 15.7. The normalized spacial score (nSPS) is 56.6. The summed E-state index contributed by atoms with van der Waals surface area (Å²) in [5, 5.41) is 109. The molecule has 4 heterocycles. The van der Waals surface area contributed by atoms with Crippen molar-refractivity contribution in [2.45, 2.75) is 217 Å². The molecule has 0 aromatic carbocycles. The fraction of sp³-hybridized carbons (Fsp3) is 0.940. The van der Waals surface area contributed by atoms with E-state index >= 15 is 0 Å². The first kappa shape index (κ1) is 52.4. The molecule has 26 atom stereocenters. The first-order chi connectivity index (χ1) is 32.3. The van der Waals surface area contributed by atoms with Crippen molar-refractivity contribution in [2.75, 3.05) is 26.4 Å². The van der Waals surface area contributed by atoms with Gasteiger partial charge in [0.05, 0.1) is 50.3 Å². The van der Waals surface area contributed by atoms with Crippen molar-refractivity contribution in [1.29, 1.82) is 0 Å². The number of rotatable bonds is 10. The summed E-state index contributed by atoms with van der Waals surface area (Å²) in [5.74, 6) is -0.404. The van der Waals surface area contributed by atoms with E-state index in [0.29, 0.717) is 32.3 Å². The Morgan fingerprint density at radius 2 is 1.28 bits per heavy atom. The topological polar surface area (TPSA) is 293 Å². The Balaban J connectivity index is 1.06. The van der Waals surface area contributed by atoms with E-state index in [2.05, 4.69) is 46.8 Å². The minimum atomic E-state index is -1.90. The Bertz CT molecular complexity index is 1920. The average molecular weight is 985 g/mol. The highest BCUT2D eigenvalue weighted by molar-refractivity contribution is 5.66. The first-order valence-electron chi connectivity index (χ1n) is 25.3. The Morgan fingerprint density at radius 1 is 0.667 bits per heavy atom. The molecule has 4 saturated heterocycles. The van der Waals surface area contributed by atoms with Gasteiger partial charge < -0.3 is 89.0 Å². The van der Waals surface area contributed by atoms with Crippen molar-refractivity contribution in [3.8, 4) is 0 Å². The fourth-order valence-electron chi connectivity index (χ4n) is 16.0. The zero-order valence-corrected chi connectivity index (χ0v) is 41.3. The van der Waals surface area contributed by atoms with Gasteiger partial charge in [0.25, 0.3) is 0 Å². The van der Waals surface area contributed by atoms with Crippen LogP contribution in [0.3, 0.4) is 0 Å². The lowest BCUT2D eigenvalue weighted by atomic mass is 9.32. The van der Waals surface area contributed by atoms with Gasteiger partial charge in [0, 0.05) is 29.1 Å². The van der Waals surface area contributed by atoms with E-state index in [0.717, 1.165) is 25.7 Å². The molecular formula is C50H80O19.